The van der Waals surface area contributed by atoms with Crippen LogP contribution in [0, 0.1) is 0 Å². The summed E-state index contributed by atoms with van der Waals surface area (Å²) in [5.41, 5.74) is 1.75. The SMILES string of the molecule is CN1C(=O)N/C(=C\c2ccnc(N(C)CCc3ccccn3)n2)C1=O. The van der Waals surface area contributed by atoms with Crippen LogP contribution in [0.15, 0.2) is 42.4 Å². The van der Waals surface area contributed by atoms with Crippen LogP contribution in [0.3, 0.4) is 0 Å². The smallest absolute Gasteiger partial charge is 0.328 e. The molecule has 1 N–H and O–H groups in total. The Hall–Kier alpha value is -3.29. The van der Waals surface area contributed by atoms with Crippen LogP contribution in [0.2, 0.25) is 0 Å². The molecule has 2 aromatic rings. The van der Waals surface area contributed by atoms with Crippen LogP contribution in [-0.2, 0) is 11.2 Å². The van der Waals surface area contributed by atoms with Gasteiger partial charge in [0.1, 0.15) is 5.70 Å². The molecule has 25 heavy (non-hydrogen) atoms. The molecule has 0 spiro atoms. The standard InChI is InChI=1S/C17H18N6O2/c1-22(10-7-12-5-3-4-8-18-12)16-19-9-6-13(20-16)11-14-15(24)23(2)17(25)21-14/h3-6,8-9,11H,7,10H2,1-2H3,(H,21,25)/b14-11-. The molecule has 128 valence electrons. The van der Waals surface area contributed by atoms with E-state index in [4.69, 9.17) is 0 Å². The van der Waals surface area contributed by atoms with E-state index < -0.39 is 6.03 Å². The molecule has 8 heteroatoms. The predicted octanol–water partition coefficient (Wildman–Crippen LogP) is 1.07. The Morgan fingerprint density at radius 2 is 2.04 bits per heavy atom. The summed E-state index contributed by atoms with van der Waals surface area (Å²) in [5.74, 6) is 0.157. The van der Waals surface area contributed by atoms with Crippen LogP contribution in [0.25, 0.3) is 6.08 Å². The minimum atomic E-state index is -0.446. The maximum atomic E-state index is 11.9. The lowest BCUT2D eigenvalue weighted by Gasteiger charge is -2.16. The minimum absolute atomic E-state index is 0.202. The second-order valence-corrected chi connectivity index (χ2v) is 5.63. The Balaban J connectivity index is 1.71. The molecule has 1 aliphatic heterocycles. The van der Waals surface area contributed by atoms with Crippen molar-refractivity contribution in [3.8, 4) is 0 Å². The van der Waals surface area contributed by atoms with E-state index in [2.05, 4.69) is 20.3 Å². The van der Waals surface area contributed by atoms with Crippen LogP contribution < -0.4 is 10.2 Å². The van der Waals surface area contributed by atoms with E-state index in [1.807, 2.05) is 30.1 Å². The van der Waals surface area contributed by atoms with Crippen molar-refractivity contribution in [3.63, 3.8) is 0 Å². The first-order chi connectivity index (χ1) is 12.0. The van der Waals surface area contributed by atoms with Gasteiger partial charge in [0, 0.05) is 45.1 Å². The van der Waals surface area contributed by atoms with E-state index in [9.17, 15) is 9.59 Å². The molecule has 2 aromatic heterocycles. The zero-order chi connectivity index (χ0) is 17.8. The molecule has 1 aliphatic rings. The zero-order valence-electron chi connectivity index (χ0n) is 14.0. The van der Waals surface area contributed by atoms with Crippen LogP contribution in [0.4, 0.5) is 10.7 Å². The number of amides is 3. The molecule has 0 atom stereocenters. The largest absolute Gasteiger partial charge is 0.343 e. The van der Waals surface area contributed by atoms with E-state index in [0.29, 0.717) is 18.2 Å². The molecule has 0 unspecified atom stereocenters. The molecule has 3 heterocycles. The van der Waals surface area contributed by atoms with Gasteiger partial charge in [0.2, 0.25) is 5.95 Å². The van der Waals surface area contributed by atoms with Gasteiger partial charge in [-0.25, -0.2) is 14.8 Å². The molecule has 3 amide bonds. The number of urea groups is 1. The van der Waals surface area contributed by atoms with Crippen molar-refractivity contribution in [1.29, 1.82) is 0 Å². The van der Waals surface area contributed by atoms with Gasteiger partial charge in [0.05, 0.1) is 5.69 Å². The van der Waals surface area contributed by atoms with Crippen molar-refractivity contribution in [2.45, 2.75) is 6.42 Å². The highest BCUT2D eigenvalue weighted by Crippen LogP contribution is 2.13. The fraction of sp³-hybridized carbons (Fsp3) is 0.235. The van der Waals surface area contributed by atoms with Gasteiger partial charge in [-0.05, 0) is 24.3 Å². The van der Waals surface area contributed by atoms with Crippen LogP contribution in [0.1, 0.15) is 11.4 Å². The van der Waals surface area contributed by atoms with Gasteiger partial charge >= 0.3 is 6.03 Å². The van der Waals surface area contributed by atoms with E-state index >= 15 is 0 Å². The van der Waals surface area contributed by atoms with Gasteiger partial charge in [-0.1, -0.05) is 6.07 Å². The molecule has 0 radical (unpaired) electrons. The number of carbonyl (C=O) groups excluding carboxylic acids is 2. The van der Waals surface area contributed by atoms with Gasteiger partial charge in [0.15, 0.2) is 0 Å². The summed E-state index contributed by atoms with van der Waals surface area (Å²) in [6, 6.07) is 7.04. The van der Waals surface area contributed by atoms with Gasteiger partial charge in [0.25, 0.3) is 5.91 Å². The Labute approximate surface area is 145 Å². The summed E-state index contributed by atoms with van der Waals surface area (Å²) < 4.78 is 0. The lowest BCUT2D eigenvalue weighted by atomic mass is 10.2. The average Bonchev–Trinajstić information content (AvgIpc) is 2.87. The third-order valence-electron chi connectivity index (χ3n) is 3.81. The maximum Gasteiger partial charge on any atom is 0.328 e. The number of hydrogen-bond acceptors (Lipinski definition) is 6. The molecule has 1 saturated heterocycles. The monoisotopic (exact) mass is 338 g/mol. The number of aromatic nitrogens is 3. The van der Waals surface area contributed by atoms with Crippen molar-refractivity contribution in [2.24, 2.45) is 0 Å². The lowest BCUT2D eigenvalue weighted by molar-refractivity contribution is -0.121. The maximum absolute atomic E-state index is 11.9. The number of nitrogens with one attached hydrogen (secondary N) is 1. The highest BCUT2D eigenvalue weighted by molar-refractivity contribution is 6.13. The Morgan fingerprint density at radius 1 is 1.20 bits per heavy atom. The number of nitrogens with zero attached hydrogens (tertiary/aromatic N) is 5. The summed E-state index contributed by atoms with van der Waals surface area (Å²) in [4.78, 5) is 39.3. The number of imide groups is 1. The fourth-order valence-corrected chi connectivity index (χ4v) is 2.33. The first kappa shape index (κ1) is 16.6. The van der Waals surface area contributed by atoms with Gasteiger partial charge in [-0.15, -0.1) is 0 Å². The second kappa shape index (κ2) is 7.08. The Bertz CT molecular complexity index is 821. The zero-order valence-corrected chi connectivity index (χ0v) is 14.0. The van der Waals surface area contributed by atoms with E-state index in [-0.39, 0.29) is 11.6 Å². The van der Waals surface area contributed by atoms with Crippen molar-refractivity contribution >= 4 is 24.0 Å². The summed E-state index contributed by atoms with van der Waals surface area (Å²) in [5, 5.41) is 2.51. The first-order valence-corrected chi connectivity index (χ1v) is 7.79. The predicted molar refractivity (Wildman–Crippen MR) is 92.5 cm³/mol. The van der Waals surface area contributed by atoms with Gasteiger partial charge < -0.3 is 10.2 Å². The number of rotatable bonds is 5. The van der Waals surface area contributed by atoms with Crippen molar-refractivity contribution < 1.29 is 9.59 Å². The number of carbonyl (C=O) groups is 2. The summed E-state index contributed by atoms with van der Waals surface area (Å²) in [7, 11) is 3.32. The quantitative estimate of drug-likeness (QED) is 0.648. The topological polar surface area (TPSA) is 91.3 Å². The summed E-state index contributed by atoms with van der Waals surface area (Å²) in [6.45, 7) is 0.704. The minimum Gasteiger partial charge on any atom is -0.343 e. The van der Waals surface area contributed by atoms with Gasteiger partial charge in [-0.3, -0.25) is 14.7 Å². The van der Waals surface area contributed by atoms with Crippen LogP contribution >= 0.6 is 0 Å². The third kappa shape index (κ3) is 3.79. The average molecular weight is 338 g/mol. The number of pyridine rings is 1. The highest BCUT2D eigenvalue weighted by Gasteiger charge is 2.30. The second-order valence-electron chi connectivity index (χ2n) is 5.63. The molecule has 0 saturated carbocycles. The molecule has 0 bridgehead atoms. The highest BCUT2D eigenvalue weighted by atomic mass is 16.2. The summed E-state index contributed by atoms with van der Waals surface area (Å²) >= 11 is 0. The van der Waals surface area contributed by atoms with E-state index in [1.165, 1.54) is 7.05 Å². The first-order valence-electron chi connectivity index (χ1n) is 7.79. The van der Waals surface area contributed by atoms with Crippen LogP contribution in [0.5, 0.6) is 0 Å². The van der Waals surface area contributed by atoms with E-state index in [0.717, 1.165) is 17.0 Å². The van der Waals surface area contributed by atoms with Crippen molar-refractivity contribution in [1.82, 2.24) is 25.2 Å². The summed E-state index contributed by atoms with van der Waals surface area (Å²) in [6.07, 6.45) is 5.70. The molecule has 3 rings (SSSR count). The number of likely N-dealkylation sites (N-methyl/N-ethyl adjacent to an activating group) is 2. The van der Waals surface area contributed by atoms with Gasteiger partial charge in [-0.2, -0.15) is 0 Å². The van der Waals surface area contributed by atoms with Crippen molar-refractivity contribution in [3.05, 3.63) is 53.7 Å². The molecule has 0 aromatic carbocycles. The van der Waals surface area contributed by atoms with E-state index in [1.54, 1.807) is 24.5 Å². The lowest BCUT2D eigenvalue weighted by Crippen LogP contribution is -2.25. The number of hydrogen-bond donors (Lipinski definition) is 1. The molecular weight excluding hydrogens is 320 g/mol. The Kier molecular flexibility index (Phi) is 4.69. The Morgan fingerprint density at radius 3 is 2.72 bits per heavy atom. The third-order valence-corrected chi connectivity index (χ3v) is 3.81. The number of anilines is 1. The molecule has 1 fully saturated rings. The fourth-order valence-electron chi connectivity index (χ4n) is 2.33. The molecule has 8 nitrogen and oxygen atoms in total. The molecular formula is C17H18N6O2. The normalized spacial score (nSPS) is 15.6. The molecule has 0 aliphatic carbocycles. The van der Waals surface area contributed by atoms with Crippen molar-refractivity contribution in [2.75, 3.05) is 25.5 Å². The van der Waals surface area contributed by atoms with Crippen LogP contribution in [-0.4, -0.2) is 52.4 Å².